The van der Waals surface area contributed by atoms with Gasteiger partial charge in [-0.15, -0.1) is 10.2 Å². The summed E-state index contributed by atoms with van der Waals surface area (Å²) >= 11 is 3.71. The van der Waals surface area contributed by atoms with Crippen LogP contribution in [0.3, 0.4) is 0 Å². The van der Waals surface area contributed by atoms with E-state index >= 15 is 0 Å². The van der Waals surface area contributed by atoms with E-state index in [-0.39, 0.29) is 40.6 Å². The summed E-state index contributed by atoms with van der Waals surface area (Å²) < 4.78 is 11.6. The van der Waals surface area contributed by atoms with Crippen LogP contribution in [0.2, 0.25) is 0 Å². The number of pyridine rings is 2. The van der Waals surface area contributed by atoms with Crippen LogP contribution in [-0.4, -0.2) is 271 Å². The van der Waals surface area contributed by atoms with Gasteiger partial charge in [0.05, 0.1) is 71.4 Å². The van der Waals surface area contributed by atoms with Crippen molar-refractivity contribution in [3.63, 3.8) is 0 Å². The molecule has 578 valence electrons. The van der Waals surface area contributed by atoms with Crippen LogP contribution in [0, 0.1) is 0 Å². The highest BCUT2D eigenvalue weighted by Crippen LogP contribution is 2.57. The van der Waals surface area contributed by atoms with Crippen LogP contribution in [0.4, 0.5) is 0 Å². The summed E-state index contributed by atoms with van der Waals surface area (Å²) in [5, 5.41) is 66.8. The van der Waals surface area contributed by atoms with Crippen molar-refractivity contribution in [1.29, 1.82) is 0 Å². The first-order chi connectivity index (χ1) is 52.1. The SMILES string of the molecule is C1=CN=NN=NC=C1.COc1ccc2c(c1O)-c1c(O)c(OC)cc3c1[C@H](C2)[N+](C)(C)CC3.CSCC1C(=O)SCC(NC(=O)c2nc3ccccc3cc2O)C(=O)NCC(=O)N(C)C2CSSCC(C(=O)N1C)N(C)C(=O)CNC(=O)C(NC(=O)c1nc3ccccc3cc1O)CSC(=O)C(CSC)N(C)C2=O. The number of phenolic OH excluding ortho intramolecular Hbond substituents is 2. The smallest absolute Gasteiger partial charge is 0.274 e. The monoisotopic (exact) mass is 1610 g/mol. The number of hydrogen-bond acceptors (Lipinski definition) is 28. The molecule has 37 heteroatoms. The zero-order chi connectivity index (χ0) is 79.0. The van der Waals surface area contributed by atoms with Gasteiger partial charge < -0.3 is 75.2 Å². The van der Waals surface area contributed by atoms with Crippen molar-refractivity contribution < 1.29 is 82.3 Å². The lowest BCUT2D eigenvalue weighted by molar-refractivity contribution is -0.923. The lowest BCUT2D eigenvalue weighted by Crippen LogP contribution is -2.57. The molecule has 0 radical (unpaired) electrons. The van der Waals surface area contributed by atoms with Gasteiger partial charge in [-0.3, -0.25) is 47.9 Å². The van der Waals surface area contributed by atoms with E-state index in [4.69, 9.17) is 9.47 Å². The first-order valence-corrected chi connectivity index (χ1v) is 41.1. The van der Waals surface area contributed by atoms with E-state index in [9.17, 15) is 68.4 Å². The standard InChI is InChI=1S/C48H56N10O12S6.C20H23NO4.C4H4N4/c1-55-31-23-75-76-24-32(46(68)58(4)34(22-72-6)48(70)74-19-29(41(63)49-17-37(55)61)53-43(65)39-35(59)15-25-11-7-9-13-27(25)51-39)56(2)38(62)18-50-42(64)30(20-73-47(69)33(21-71-5)57(3)45(31)67)54-44(66)40-36(60)16-26-12-8-10-14-28(26)52-40;1-21(2)8-7-12-10-15(25-4)20(23)18-16(12)13(21)9-11-5-6-14(24-3)19(22)17(11)18;1-2-4-6-8-7-5-3-1/h7-16,29-34,59-60H,17-24H2,1-6H3,(H,49,63)(H,50,64)(H,53,65)(H,54,66);5-6,10,13H,7-9H2,1-4H3,(H-,22,23);1-4H/p+1/t;13-;/m.0./s1. The quantitative estimate of drug-likeness (QED) is 0.0563. The van der Waals surface area contributed by atoms with Crippen molar-refractivity contribution >= 4 is 148 Å². The fourth-order valence-corrected chi connectivity index (χ4v) is 18.6. The number of phenols is 2. The number of amides is 8. The Morgan fingerprint density at radius 1 is 0.587 bits per heavy atom. The van der Waals surface area contributed by atoms with Crippen molar-refractivity contribution in [2.45, 2.75) is 55.1 Å². The summed E-state index contributed by atoms with van der Waals surface area (Å²) in [6.45, 7) is -0.364. The number of nitrogens with one attached hydrogen (secondary N) is 4. The van der Waals surface area contributed by atoms with Gasteiger partial charge in [0.1, 0.15) is 53.8 Å². The first-order valence-electron chi connectivity index (χ1n) is 33.9. The number of methoxy groups -OCH3 is 2. The molecule has 4 aliphatic heterocycles. The summed E-state index contributed by atoms with van der Waals surface area (Å²) in [6, 6.07) is 14.0. The van der Waals surface area contributed by atoms with Crippen LogP contribution < -0.4 is 30.7 Å². The number of ether oxygens (including phenoxy) is 2. The van der Waals surface area contributed by atoms with Gasteiger partial charge in [-0.25, -0.2) is 9.97 Å². The molecule has 6 unspecified atom stereocenters. The lowest BCUT2D eigenvalue weighted by atomic mass is 9.75. The average molecular weight is 1610 g/mol. The first kappa shape index (κ1) is 83.4. The molecule has 7 atom stereocenters. The fraction of sp³-hybridized carbons (Fsp3) is 0.389. The Hall–Kier alpha value is -9.66. The Labute approximate surface area is 653 Å². The van der Waals surface area contributed by atoms with E-state index in [1.807, 2.05) is 12.1 Å². The van der Waals surface area contributed by atoms with Crippen LogP contribution in [0.5, 0.6) is 34.5 Å². The second-order valence-corrected chi connectivity index (χ2v) is 32.3. The van der Waals surface area contributed by atoms with Crippen LogP contribution in [0.15, 0.2) is 124 Å². The van der Waals surface area contributed by atoms with Crippen molar-refractivity contribution in [2.24, 2.45) is 20.7 Å². The van der Waals surface area contributed by atoms with Crippen molar-refractivity contribution in [1.82, 2.24) is 50.8 Å². The number of benzene rings is 4. The van der Waals surface area contributed by atoms with E-state index in [2.05, 4.69) is 66.0 Å². The number of para-hydroxylation sites is 2. The maximum absolute atomic E-state index is 14.7. The molecule has 109 heavy (non-hydrogen) atoms. The van der Waals surface area contributed by atoms with Crippen molar-refractivity contribution in [3.05, 3.63) is 131 Å². The molecule has 6 aromatic rings. The molecule has 2 bridgehead atoms. The number of hydrogen-bond donors (Lipinski definition) is 8. The summed E-state index contributed by atoms with van der Waals surface area (Å²) in [6.07, 6.45) is 11.7. The molecule has 2 fully saturated rings. The van der Waals surface area contributed by atoms with E-state index in [1.54, 1.807) is 86.4 Å². The maximum Gasteiger partial charge on any atom is 0.274 e. The van der Waals surface area contributed by atoms with E-state index in [0.717, 1.165) is 66.4 Å². The fourth-order valence-electron chi connectivity index (χ4n) is 12.4. The van der Waals surface area contributed by atoms with E-state index in [1.165, 1.54) is 98.7 Å². The normalized spacial score (nSPS) is 21.6. The molecule has 8 N–H and O–H groups in total. The average Bonchev–Trinajstić information content (AvgIpc) is 0.714. The van der Waals surface area contributed by atoms with Gasteiger partial charge in [0.2, 0.25) is 45.7 Å². The predicted molar refractivity (Wildman–Crippen MR) is 422 cm³/mol. The summed E-state index contributed by atoms with van der Waals surface area (Å²) in [5.74, 6) is -7.62. The molecule has 0 saturated carbocycles. The van der Waals surface area contributed by atoms with Crippen LogP contribution in [0.25, 0.3) is 32.9 Å². The molecule has 31 nitrogen and oxygen atoms in total. The summed E-state index contributed by atoms with van der Waals surface area (Å²) in [7, 11) is 15.2. The maximum atomic E-state index is 14.7. The second kappa shape index (κ2) is 38.1. The topological polar surface area (TPSA) is 406 Å². The third-order valence-corrected chi connectivity index (χ3v) is 24.6. The van der Waals surface area contributed by atoms with Gasteiger partial charge in [-0.1, -0.05) is 87.6 Å². The number of fused-ring (bicyclic) bond motifs is 9. The molecule has 4 aromatic carbocycles. The number of allylic oxidation sites excluding steroid dienone is 2. The minimum atomic E-state index is -1.53. The number of aromatic hydroxyl groups is 4. The molecular formula is C72H84N15O16S6+. The number of rotatable bonds is 10. The largest absolute Gasteiger partial charge is 0.505 e. The van der Waals surface area contributed by atoms with Crippen molar-refractivity contribution in [3.8, 4) is 45.6 Å². The molecule has 8 amide bonds. The highest BCUT2D eigenvalue weighted by atomic mass is 33.1. The molecule has 2 aromatic heterocycles. The molecule has 11 rings (SSSR count). The lowest BCUT2D eigenvalue weighted by Gasteiger charge is -2.46. The Morgan fingerprint density at radius 2 is 1.04 bits per heavy atom. The minimum Gasteiger partial charge on any atom is -0.505 e. The van der Waals surface area contributed by atoms with Gasteiger partial charge in [-0.2, -0.15) is 23.5 Å². The third kappa shape index (κ3) is 19.9. The highest BCUT2D eigenvalue weighted by molar-refractivity contribution is 8.76. The van der Waals surface area contributed by atoms with Gasteiger partial charge in [0.15, 0.2) is 34.4 Å². The molecule has 6 heterocycles. The number of carbonyl (C=O) groups is 10. The molecule has 5 aliphatic rings. The molecule has 2 saturated heterocycles. The van der Waals surface area contributed by atoms with Gasteiger partial charge >= 0.3 is 0 Å². The summed E-state index contributed by atoms with van der Waals surface area (Å²) in [4.78, 5) is 155. The predicted octanol–water partition coefficient (Wildman–Crippen LogP) is 6.14. The Balaban J connectivity index is 0.000000335. The second-order valence-electron chi connectivity index (χ2n) is 25.9. The Kier molecular flexibility index (Phi) is 29.2. The number of quaternary nitrogens is 1. The molecule has 1 aliphatic carbocycles. The Bertz CT molecular complexity index is 4360. The number of thioether (sulfide) groups is 4. The van der Waals surface area contributed by atoms with Crippen molar-refractivity contribution in [2.75, 3.05) is 123 Å². The van der Waals surface area contributed by atoms with E-state index in [0.29, 0.717) is 68.0 Å². The minimum absolute atomic E-state index is 0.0598. The zero-order valence-corrected chi connectivity index (χ0v) is 66.1. The van der Waals surface area contributed by atoms with E-state index < -0.39 is 141 Å². The summed E-state index contributed by atoms with van der Waals surface area (Å²) in [5.41, 5.74) is 4.62. The highest BCUT2D eigenvalue weighted by Gasteiger charge is 2.45. The van der Waals surface area contributed by atoms with Crippen LogP contribution >= 0.6 is 68.6 Å². The van der Waals surface area contributed by atoms with Gasteiger partial charge in [0, 0.05) is 103 Å². The number of aromatic nitrogens is 2. The van der Waals surface area contributed by atoms with Crippen LogP contribution in [-0.2, 0) is 51.2 Å². The number of likely N-dealkylation sites (N-methyl/N-ethyl adjacent to an activating group) is 5. The Morgan fingerprint density at radius 3 is 1.49 bits per heavy atom. The van der Waals surface area contributed by atoms with Crippen LogP contribution in [0.1, 0.15) is 43.7 Å². The molecular weight excluding hydrogens is 1520 g/mol. The van der Waals surface area contributed by atoms with Gasteiger partial charge in [0.25, 0.3) is 11.8 Å². The molecule has 0 spiro atoms. The number of nitrogens with zero attached hydrogens (tertiary/aromatic N) is 11. The zero-order valence-electron chi connectivity index (χ0n) is 61.2. The van der Waals surface area contributed by atoms with Gasteiger partial charge in [-0.05, 0) is 82.6 Å². The number of carbonyl (C=O) groups excluding carboxylic acids is 10. The third-order valence-electron chi connectivity index (χ3n) is 18.8.